The van der Waals surface area contributed by atoms with Gasteiger partial charge in [-0.15, -0.1) is 0 Å². The predicted molar refractivity (Wildman–Crippen MR) is 103 cm³/mol. The van der Waals surface area contributed by atoms with Crippen molar-refractivity contribution in [2.24, 2.45) is 0 Å². The molecule has 0 amide bonds. The van der Waals surface area contributed by atoms with Gasteiger partial charge in [0.15, 0.2) is 5.78 Å². The minimum Gasteiger partial charge on any atom is -0.497 e. The lowest BCUT2D eigenvalue weighted by Crippen LogP contribution is -2.37. The van der Waals surface area contributed by atoms with Crippen LogP contribution in [-0.4, -0.2) is 45.4 Å². The maximum absolute atomic E-state index is 13.0. The van der Waals surface area contributed by atoms with Gasteiger partial charge in [0.25, 0.3) is 0 Å². The second-order valence-electron chi connectivity index (χ2n) is 6.41. The first-order valence-electron chi connectivity index (χ1n) is 8.93. The second-order valence-corrected chi connectivity index (χ2v) is 6.41. The Hall–Kier alpha value is -2.73. The Kier molecular flexibility index (Phi) is 5.86. The van der Waals surface area contributed by atoms with E-state index in [1.165, 1.54) is 0 Å². The summed E-state index contributed by atoms with van der Waals surface area (Å²) in [5.74, 6) is 1.94. The van der Waals surface area contributed by atoms with Gasteiger partial charge in [-0.1, -0.05) is 12.1 Å². The van der Waals surface area contributed by atoms with Crippen LogP contribution in [0.4, 0.5) is 5.69 Å². The van der Waals surface area contributed by atoms with E-state index >= 15 is 0 Å². The van der Waals surface area contributed by atoms with E-state index in [-0.39, 0.29) is 18.4 Å². The van der Waals surface area contributed by atoms with E-state index in [4.69, 9.17) is 14.2 Å². The molecule has 0 radical (unpaired) electrons. The molecule has 1 aliphatic rings. The normalized spacial score (nSPS) is 16.1. The average molecular weight is 371 g/mol. The van der Waals surface area contributed by atoms with Gasteiger partial charge < -0.3 is 24.2 Å². The zero-order valence-corrected chi connectivity index (χ0v) is 15.9. The number of Topliss-reactive ketones (excluding diaryl/α,β-unsaturated/α-hetero) is 1. The Labute approximate surface area is 159 Å². The van der Waals surface area contributed by atoms with Gasteiger partial charge in [-0.25, -0.2) is 0 Å². The SMILES string of the molecule is COc1ccc(C2CC(=O)c3c(OC)cc(OC)cc3N2CCCO)cc1. The number of ketones is 1. The Balaban J connectivity index is 2.10. The summed E-state index contributed by atoms with van der Waals surface area (Å²) in [4.78, 5) is 15.1. The number of fused-ring (bicyclic) bond motifs is 1. The predicted octanol–water partition coefficient (Wildman–Crippen LogP) is 3.23. The Morgan fingerprint density at radius 1 is 1.04 bits per heavy atom. The van der Waals surface area contributed by atoms with Gasteiger partial charge >= 0.3 is 0 Å². The van der Waals surface area contributed by atoms with Crippen LogP contribution in [0.3, 0.4) is 0 Å². The molecule has 1 aliphatic heterocycles. The highest BCUT2D eigenvalue weighted by Gasteiger charge is 2.35. The summed E-state index contributed by atoms with van der Waals surface area (Å²) >= 11 is 0. The molecule has 0 aliphatic carbocycles. The first-order valence-corrected chi connectivity index (χ1v) is 8.93. The number of rotatable bonds is 7. The molecule has 1 N–H and O–H groups in total. The average Bonchev–Trinajstić information content (AvgIpc) is 2.72. The number of hydrogen-bond donors (Lipinski definition) is 1. The quantitative estimate of drug-likeness (QED) is 0.806. The van der Waals surface area contributed by atoms with Crippen LogP contribution < -0.4 is 19.1 Å². The largest absolute Gasteiger partial charge is 0.497 e. The van der Waals surface area contributed by atoms with Crippen molar-refractivity contribution in [1.82, 2.24) is 0 Å². The first kappa shape index (κ1) is 19.0. The van der Waals surface area contributed by atoms with E-state index in [1.54, 1.807) is 27.4 Å². The van der Waals surface area contributed by atoms with Crippen molar-refractivity contribution in [1.29, 1.82) is 0 Å². The van der Waals surface area contributed by atoms with E-state index in [0.29, 0.717) is 36.4 Å². The van der Waals surface area contributed by atoms with Crippen LogP contribution in [0.2, 0.25) is 0 Å². The molecule has 0 fully saturated rings. The Bertz CT molecular complexity index is 803. The highest BCUT2D eigenvalue weighted by molar-refractivity contribution is 6.06. The Morgan fingerprint density at radius 2 is 1.74 bits per heavy atom. The maximum atomic E-state index is 13.0. The lowest BCUT2D eigenvalue weighted by molar-refractivity contribution is 0.0962. The van der Waals surface area contributed by atoms with Crippen LogP contribution in [0.1, 0.15) is 34.8 Å². The fourth-order valence-electron chi connectivity index (χ4n) is 3.56. The minimum atomic E-state index is -0.126. The standard InChI is InChI=1S/C21H25NO5/c1-25-15-7-5-14(6-8-15)17-13-19(24)21-18(22(17)9-4-10-23)11-16(26-2)12-20(21)27-3/h5-8,11-12,17,23H,4,9-10,13H2,1-3H3. The summed E-state index contributed by atoms with van der Waals surface area (Å²) < 4.78 is 16.1. The van der Waals surface area contributed by atoms with Crippen LogP contribution in [-0.2, 0) is 0 Å². The molecule has 0 saturated carbocycles. The summed E-state index contributed by atoms with van der Waals surface area (Å²) in [5, 5.41) is 9.36. The number of methoxy groups -OCH3 is 3. The number of aliphatic hydroxyl groups is 1. The summed E-state index contributed by atoms with van der Waals surface area (Å²) in [6.45, 7) is 0.694. The molecule has 27 heavy (non-hydrogen) atoms. The summed E-state index contributed by atoms with van der Waals surface area (Å²) in [7, 11) is 4.77. The lowest BCUT2D eigenvalue weighted by atomic mass is 9.89. The first-order chi connectivity index (χ1) is 13.1. The number of ether oxygens (including phenoxy) is 3. The third kappa shape index (κ3) is 3.71. The number of benzene rings is 2. The number of anilines is 1. The van der Waals surface area contributed by atoms with Crippen molar-refractivity contribution < 1.29 is 24.1 Å². The van der Waals surface area contributed by atoms with Crippen LogP contribution in [0.25, 0.3) is 0 Å². The van der Waals surface area contributed by atoms with Crippen molar-refractivity contribution in [3.63, 3.8) is 0 Å². The monoisotopic (exact) mass is 371 g/mol. The van der Waals surface area contributed by atoms with E-state index in [0.717, 1.165) is 17.0 Å². The fraction of sp³-hybridized carbons (Fsp3) is 0.381. The van der Waals surface area contributed by atoms with E-state index in [9.17, 15) is 9.90 Å². The molecule has 1 unspecified atom stereocenters. The van der Waals surface area contributed by atoms with Crippen LogP contribution in [0.15, 0.2) is 36.4 Å². The number of aliphatic hydroxyl groups excluding tert-OH is 1. The van der Waals surface area contributed by atoms with Crippen molar-refractivity contribution in [2.45, 2.75) is 18.9 Å². The van der Waals surface area contributed by atoms with Gasteiger partial charge in [-0.2, -0.15) is 0 Å². The number of carbonyl (C=O) groups is 1. The van der Waals surface area contributed by atoms with Crippen molar-refractivity contribution in [2.75, 3.05) is 39.4 Å². The number of hydrogen-bond acceptors (Lipinski definition) is 6. The lowest BCUT2D eigenvalue weighted by Gasteiger charge is -2.39. The van der Waals surface area contributed by atoms with Crippen LogP contribution in [0, 0.1) is 0 Å². The third-order valence-electron chi connectivity index (χ3n) is 4.91. The van der Waals surface area contributed by atoms with Gasteiger partial charge in [-0.3, -0.25) is 4.79 Å². The van der Waals surface area contributed by atoms with Crippen molar-refractivity contribution in [3.05, 3.63) is 47.5 Å². The van der Waals surface area contributed by atoms with Gasteiger partial charge in [0.1, 0.15) is 17.2 Å². The van der Waals surface area contributed by atoms with Crippen molar-refractivity contribution >= 4 is 11.5 Å². The molecule has 6 heteroatoms. The fourth-order valence-corrected chi connectivity index (χ4v) is 3.56. The topological polar surface area (TPSA) is 68.2 Å². The third-order valence-corrected chi connectivity index (χ3v) is 4.91. The van der Waals surface area contributed by atoms with Crippen LogP contribution in [0.5, 0.6) is 17.2 Å². The molecular formula is C21H25NO5. The smallest absolute Gasteiger partial charge is 0.171 e. The molecule has 6 nitrogen and oxygen atoms in total. The molecule has 2 aromatic rings. The zero-order valence-electron chi connectivity index (χ0n) is 15.9. The van der Waals surface area contributed by atoms with Gasteiger partial charge in [0, 0.05) is 31.7 Å². The van der Waals surface area contributed by atoms with E-state index in [2.05, 4.69) is 4.90 Å². The van der Waals surface area contributed by atoms with E-state index < -0.39 is 0 Å². The molecular weight excluding hydrogens is 346 g/mol. The molecule has 1 heterocycles. The molecule has 0 saturated heterocycles. The maximum Gasteiger partial charge on any atom is 0.171 e. The zero-order chi connectivity index (χ0) is 19.4. The molecule has 2 aromatic carbocycles. The number of carbonyl (C=O) groups excluding carboxylic acids is 1. The summed E-state index contributed by atoms with van der Waals surface area (Å²) in [6, 6.07) is 11.2. The Morgan fingerprint density at radius 3 is 2.33 bits per heavy atom. The molecule has 0 spiro atoms. The molecule has 0 bridgehead atoms. The van der Waals surface area contributed by atoms with E-state index in [1.807, 2.05) is 30.3 Å². The van der Waals surface area contributed by atoms with Crippen LogP contribution >= 0.6 is 0 Å². The van der Waals surface area contributed by atoms with Crippen molar-refractivity contribution in [3.8, 4) is 17.2 Å². The van der Waals surface area contributed by atoms with Gasteiger partial charge in [-0.05, 0) is 24.1 Å². The molecule has 144 valence electrons. The summed E-state index contributed by atoms with van der Waals surface area (Å²) in [5.41, 5.74) is 2.37. The highest BCUT2D eigenvalue weighted by Crippen LogP contribution is 2.44. The highest BCUT2D eigenvalue weighted by atomic mass is 16.5. The minimum absolute atomic E-state index is 0.0329. The molecule has 1 atom stereocenters. The second kappa shape index (κ2) is 8.31. The van der Waals surface area contributed by atoms with Gasteiger partial charge in [0.2, 0.25) is 0 Å². The van der Waals surface area contributed by atoms with Gasteiger partial charge in [0.05, 0.1) is 38.6 Å². The molecule has 0 aromatic heterocycles. The summed E-state index contributed by atoms with van der Waals surface area (Å²) in [6.07, 6.45) is 0.938. The number of nitrogens with zero attached hydrogens (tertiary/aromatic N) is 1. The molecule has 3 rings (SSSR count).